The summed E-state index contributed by atoms with van der Waals surface area (Å²) in [5.74, 6) is 0.903. The minimum atomic E-state index is -0.397. The molecule has 4 heteroatoms. The van der Waals surface area contributed by atoms with Crippen molar-refractivity contribution in [2.24, 2.45) is 5.41 Å². The molecule has 0 radical (unpaired) electrons. The second-order valence-corrected chi connectivity index (χ2v) is 11.2. The predicted octanol–water partition coefficient (Wildman–Crippen LogP) is 9.55. The molecular formula is C35H47NO3. The quantitative estimate of drug-likeness (QED) is 0.123. The minimum absolute atomic E-state index is 0.00473. The molecule has 39 heavy (non-hydrogen) atoms. The molecule has 1 aliphatic carbocycles. The smallest absolute Gasteiger partial charge is 0.330 e. The third-order valence-corrected chi connectivity index (χ3v) is 8.18. The van der Waals surface area contributed by atoms with Crippen LogP contribution in [0.4, 0.5) is 0 Å². The van der Waals surface area contributed by atoms with Crippen molar-refractivity contribution in [2.45, 2.75) is 109 Å². The number of carbonyl (C=O) groups excluding carboxylic acids is 1. The van der Waals surface area contributed by atoms with Crippen LogP contribution in [0.5, 0.6) is 5.75 Å². The summed E-state index contributed by atoms with van der Waals surface area (Å²) in [6.45, 7) is 8.13. The van der Waals surface area contributed by atoms with E-state index >= 15 is 0 Å². The maximum Gasteiger partial charge on any atom is 0.330 e. The van der Waals surface area contributed by atoms with Gasteiger partial charge in [-0.25, -0.2) is 4.79 Å². The van der Waals surface area contributed by atoms with Crippen LogP contribution >= 0.6 is 0 Å². The van der Waals surface area contributed by atoms with Gasteiger partial charge in [-0.15, -0.1) is 0 Å². The maximum atomic E-state index is 11.3. The van der Waals surface area contributed by atoms with E-state index in [1.54, 1.807) is 0 Å². The highest BCUT2D eigenvalue weighted by Crippen LogP contribution is 2.47. The summed E-state index contributed by atoms with van der Waals surface area (Å²) in [6.07, 6.45) is 15.5. The lowest BCUT2D eigenvalue weighted by Crippen LogP contribution is -2.26. The lowest BCUT2D eigenvalue weighted by Gasteiger charge is -2.36. The van der Waals surface area contributed by atoms with Crippen molar-refractivity contribution in [1.82, 2.24) is 0 Å². The summed E-state index contributed by atoms with van der Waals surface area (Å²) in [4.78, 5) is 11.3. The van der Waals surface area contributed by atoms with E-state index in [0.717, 1.165) is 49.8 Å². The largest absolute Gasteiger partial charge is 0.490 e. The predicted molar refractivity (Wildman–Crippen MR) is 160 cm³/mol. The Hall–Kier alpha value is -3.06. The lowest BCUT2D eigenvalue weighted by molar-refractivity contribution is -0.138. The SMILES string of the molecule is C=CC(=O)OCCC(CCC)Oc1ccc(-c2ccc(C3CCCC(C#N)(CCCCCCC)C3)cc2)cc1. The number of carbonyl (C=O) groups is 1. The van der Waals surface area contributed by atoms with E-state index in [-0.39, 0.29) is 11.5 Å². The van der Waals surface area contributed by atoms with Crippen LogP contribution in [0.25, 0.3) is 11.1 Å². The van der Waals surface area contributed by atoms with E-state index < -0.39 is 5.97 Å². The topological polar surface area (TPSA) is 59.3 Å². The van der Waals surface area contributed by atoms with Crippen molar-refractivity contribution in [2.75, 3.05) is 6.61 Å². The Morgan fingerprint density at radius 2 is 1.72 bits per heavy atom. The summed E-state index contributed by atoms with van der Waals surface area (Å²) in [5, 5.41) is 10.1. The van der Waals surface area contributed by atoms with Gasteiger partial charge < -0.3 is 9.47 Å². The highest BCUT2D eigenvalue weighted by Gasteiger charge is 2.36. The molecule has 3 atom stereocenters. The number of hydrogen-bond donors (Lipinski definition) is 0. The van der Waals surface area contributed by atoms with Crippen molar-refractivity contribution in [3.8, 4) is 22.9 Å². The Labute approximate surface area is 236 Å². The molecule has 0 aromatic heterocycles. The van der Waals surface area contributed by atoms with Gasteiger partial charge in [-0.3, -0.25) is 0 Å². The van der Waals surface area contributed by atoms with Gasteiger partial charge in [0.1, 0.15) is 11.9 Å². The van der Waals surface area contributed by atoms with Crippen LogP contribution in [0.1, 0.15) is 109 Å². The molecule has 0 bridgehead atoms. The number of rotatable bonds is 16. The standard InChI is InChI=1S/C35H47NO3/c1-4-7-8-9-10-23-35(27-36)24-11-13-31(26-35)30-16-14-28(15-17-30)29-18-20-33(21-19-29)39-32(12-5-2)22-25-38-34(37)6-3/h6,14-21,31-32H,3-5,7-13,22-26H2,1-2H3. The highest BCUT2D eigenvalue weighted by atomic mass is 16.5. The van der Waals surface area contributed by atoms with Gasteiger partial charge in [-0.1, -0.05) is 102 Å². The van der Waals surface area contributed by atoms with Crippen LogP contribution < -0.4 is 4.74 Å². The molecule has 0 saturated heterocycles. The van der Waals surface area contributed by atoms with Gasteiger partial charge in [0.2, 0.25) is 0 Å². The maximum absolute atomic E-state index is 11.3. The van der Waals surface area contributed by atoms with E-state index in [1.807, 2.05) is 12.1 Å². The Bertz CT molecular complexity index is 1050. The van der Waals surface area contributed by atoms with Gasteiger partial charge >= 0.3 is 5.97 Å². The molecule has 0 amide bonds. The monoisotopic (exact) mass is 529 g/mol. The first kappa shape index (κ1) is 30.5. The summed E-state index contributed by atoms with van der Waals surface area (Å²) >= 11 is 0. The Balaban J connectivity index is 1.57. The van der Waals surface area contributed by atoms with Gasteiger partial charge in [0.05, 0.1) is 18.1 Å². The van der Waals surface area contributed by atoms with E-state index in [9.17, 15) is 10.1 Å². The molecule has 3 rings (SSSR count). The molecule has 2 aromatic rings. The number of hydrogen-bond acceptors (Lipinski definition) is 4. The summed E-state index contributed by atoms with van der Waals surface area (Å²) in [7, 11) is 0. The van der Waals surface area contributed by atoms with E-state index in [0.29, 0.717) is 18.9 Å². The number of nitrogens with zero attached hydrogens (tertiary/aromatic N) is 1. The summed E-state index contributed by atoms with van der Waals surface area (Å²) in [6, 6.07) is 20.0. The zero-order valence-electron chi connectivity index (χ0n) is 24.1. The van der Waals surface area contributed by atoms with Crippen LogP contribution in [0.3, 0.4) is 0 Å². The molecule has 210 valence electrons. The third kappa shape index (κ3) is 9.57. The zero-order valence-corrected chi connectivity index (χ0v) is 24.1. The lowest BCUT2D eigenvalue weighted by atomic mass is 9.66. The van der Waals surface area contributed by atoms with Crippen LogP contribution in [0, 0.1) is 16.7 Å². The zero-order chi connectivity index (χ0) is 27.9. The van der Waals surface area contributed by atoms with Crippen LogP contribution in [0.15, 0.2) is 61.2 Å². The molecule has 0 spiro atoms. The molecule has 0 heterocycles. The van der Waals surface area contributed by atoms with E-state index in [4.69, 9.17) is 9.47 Å². The van der Waals surface area contributed by atoms with E-state index in [1.165, 1.54) is 55.7 Å². The fourth-order valence-corrected chi connectivity index (χ4v) is 5.90. The first-order valence-electron chi connectivity index (χ1n) is 15.1. The van der Waals surface area contributed by atoms with Crippen molar-refractivity contribution >= 4 is 5.97 Å². The molecule has 2 aromatic carbocycles. The van der Waals surface area contributed by atoms with Crippen molar-refractivity contribution < 1.29 is 14.3 Å². The first-order chi connectivity index (χ1) is 19.0. The molecule has 1 aliphatic rings. The Morgan fingerprint density at radius 3 is 2.36 bits per heavy atom. The third-order valence-electron chi connectivity index (χ3n) is 8.18. The number of nitriles is 1. The van der Waals surface area contributed by atoms with Gasteiger partial charge in [-0.05, 0) is 66.8 Å². The van der Waals surface area contributed by atoms with Gasteiger partial charge in [0.15, 0.2) is 0 Å². The van der Waals surface area contributed by atoms with Crippen LogP contribution in [-0.2, 0) is 9.53 Å². The molecule has 4 nitrogen and oxygen atoms in total. The normalized spacial score (nSPS) is 19.6. The second kappa shape index (κ2) is 16.1. The molecular weight excluding hydrogens is 482 g/mol. The number of benzene rings is 2. The fourth-order valence-electron chi connectivity index (χ4n) is 5.90. The number of ether oxygens (including phenoxy) is 2. The fraction of sp³-hybridized carbons (Fsp3) is 0.543. The molecule has 0 N–H and O–H groups in total. The summed E-state index contributed by atoms with van der Waals surface area (Å²) < 4.78 is 11.3. The first-order valence-corrected chi connectivity index (χ1v) is 15.1. The van der Waals surface area contributed by atoms with Gasteiger partial charge in [0.25, 0.3) is 0 Å². The van der Waals surface area contributed by atoms with Crippen molar-refractivity contribution in [1.29, 1.82) is 5.26 Å². The molecule has 1 fully saturated rings. The van der Waals surface area contributed by atoms with Crippen LogP contribution in [-0.4, -0.2) is 18.7 Å². The molecule has 1 saturated carbocycles. The van der Waals surface area contributed by atoms with E-state index in [2.05, 4.69) is 62.9 Å². The average Bonchev–Trinajstić information content (AvgIpc) is 2.97. The van der Waals surface area contributed by atoms with Crippen molar-refractivity contribution in [3.63, 3.8) is 0 Å². The van der Waals surface area contributed by atoms with Gasteiger partial charge in [-0.2, -0.15) is 5.26 Å². The average molecular weight is 530 g/mol. The second-order valence-electron chi connectivity index (χ2n) is 11.2. The minimum Gasteiger partial charge on any atom is -0.490 e. The van der Waals surface area contributed by atoms with Gasteiger partial charge in [0, 0.05) is 12.5 Å². The Kier molecular flexibility index (Phi) is 12.6. The van der Waals surface area contributed by atoms with Crippen LogP contribution in [0.2, 0.25) is 0 Å². The molecule has 3 unspecified atom stereocenters. The number of esters is 1. The number of unbranched alkanes of at least 4 members (excludes halogenated alkanes) is 4. The highest BCUT2D eigenvalue weighted by molar-refractivity contribution is 5.81. The summed E-state index contributed by atoms with van der Waals surface area (Å²) in [5.41, 5.74) is 3.56. The molecule has 0 aliphatic heterocycles. The van der Waals surface area contributed by atoms with Crippen molar-refractivity contribution in [3.05, 3.63) is 66.7 Å². The Morgan fingerprint density at radius 1 is 1.03 bits per heavy atom.